The molecule has 2 aromatic carbocycles. The molecule has 2 aromatic rings. The molecule has 0 unspecified atom stereocenters. The van der Waals surface area contributed by atoms with Crippen LogP contribution in [0.15, 0.2) is 58.4 Å². The number of carbonyl (C=O) groups excluding carboxylic acids is 2. The van der Waals surface area contributed by atoms with Gasteiger partial charge in [0.2, 0.25) is 5.91 Å². The van der Waals surface area contributed by atoms with Gasteiger partial charge in [-0.2, -0.15) is 0 Å². The van der Waals surface area contributed by atoms with Gasteiger partial charge in [-0.05, 0) is 48.2 Å². The molecule has 0 radical (unpaired) electrons. The first-order valence-electron chi connectivity index (χ1n) is 7.46. The lowest BCUT2D eigenvalue weighted by Crippen LogP contribution is -2.19. The lowest BCUT2D eigenvalue weighted by molar-refractivity contribution is -0.115. The first-order valence-corrected chi connectivity index (χ1v) is 8.28. The van der Waals surface area contributed by atoms with Crippen molar-refractivity contribution in [1.29, 1.82) is 0 Å². The molecule has 25 heavy (non-hydrogen) atoms. The second-order valence-electron chi connectivity index (χ2n) is 5.27. The summed E-state index contributed by atoms with van der Waals surface area (Å²) >= 11 is 1.20. The molecule has 0 bridgehead atoms. The van der Waals surface area contributed by atoms with E-state index in [4.69, 9.17) is 0 Å². The predicted molar refractivity (Wildman–Crippen MR) is 99.7 cm³/mol. The maximum atomic E-state index is 12.1. The molecule has 2 amide bonds. The quantitative estimate of drug-likeness (QED) is 0.739. The minimum atomic E-state index is -0.262. The van der Waals surface area contributed by atoms with E-state index in [-0.39, 0.29) is 17.6 Å². The molecule has 0 saturated carbocycles. The highest BCUT2D eigenvalue weighted by atomic mass is 32.2. The molecule has 0 aromatic heterocycles. The van der Waals surface area contributed by atoms with Crippen LogP contribution in [-0.2, 0) is 9.59 Å². The summed E-state index contributed by atoms with van der Waals surface area (Å²) in [6.45, 7) is 1.44. The van der Waals surface area contributed by atoms with Gasteiger partial charge in [-0.15, -0.1) is 0 Å². The zero-order valence-corrected chi connectivity index (χ0v) is 14.1. The van der Waals surface area contributed by atoms with Crippen LogP contribution in [0, 0.1) is 0 Å². The van der Waals surface area contributed by atoms with E-state index in [1.807, 2.05) is 0 Å². The van der Waals surface area contributed by atoms with E-state index in [0.29, 0.717) is 27.0 Å². The Balaban J connectivity index is 1.77. The first-order chi connectivity index (χ1) is 12.0. The van der Waals surface area contributed by atoms with Gasteiger partial charge in [0.15, 0.2) is 5.17 Å². The Hall–Kier alpha value is -3.06. The molecule has 1 saturated heterocycles. The predicted octanol–water partition coefficient (Wildman–Crippen LogP) is 3.24. The highest BCUT2D eigenvalue weighted by Crippen LogP contribution is 2.30. The Morgan fingerprint density at radius 1 is 1.20 bits per heavy atom. The summed E-state index contributed by atoms with van der Waals surface area (Å²) in [6, 6.07) is 13.8. The number of thioether (sulfide) groups is 1. The number of benzene rings is 2. The van der Waals surface area contributed by atoms with Crippen molar-refractivity contribution in [2.24, 2.45) is 4.99 Å². The SMILES string of the molecule is CC(=O)Nc1ccc(N=C2NC(=O)/C(=C/c3ccccc3O)S2)cc1. The lowest BCUT2D eigenvalue weighted by atomic mass is 10.2. The van der Waals surface area contributed by atoms with Crippen LogP contribution in [0.1, 0.15) is 12.5 Å². The van der Waals surface area contributed by atoms with Crippen molar-refractivity contribution in [2.45, 2.75) is 6.92 Å². The third-order valence-electron chi connectivity index (χ3n) is 3.29. The van der Waals surface area contributed by atoms with Gasteiger partial charge in [-0.3, -0.25) is 9.59 Å². The fourth-order valence-corrected chi connectivity index (χ4v) is 3.00. The van der Waals surface area contributed by atoms with Gasteiger partial charge in [0.1, 0.15) is 5.75 Å². The average molecular weight is 353 g/mol. The Labute approximate surface area is 148 Å². The Morgan fingerprint density at radius 2 is 1.92 bits per heavy atom. The number of phenolic OH excluding ortho intramolecular Hbond substituents is 1. The van der Waals surface area contributed by atoms with Gasteiger partial charge in [0.25, 0.3) is 5.91 Å². The van der Waals surface area contributed by atoms with Gasteiger partial charge in [-0.1, -0.05) is 18.2 Å². The maximum absolute atomic E-state index is 12.1. The number of hydrogen-bond donors (Lipinski definition) is 3. The highest BCUT2D eigenvalue weighted by molar-refractivity contribution is 8.18. The summed E-state index contributed by atoms with van der Waals surface area (Å²) in [5.74, 6) is -0.291. The van der Waals surface area contributed by atoms with Crippen molar-refractivity contribution < 1.29 is 14.7 Å². The molecule has 1 fully saturated rings. The third-order valence-corrected chi connectivity index (χ3v) is 4.20. The minimum Gasteiger partial charge on any atom is -0.507 e. The minimum absolute atomic E-state index is 0.113. The summed E-state index contributed by atoms with van der Waals surface area (Å²) in [5, 5.41) is 15.6. The van der Waals surface area contributed by atoms with Crippen molar-refractivity contribution in [2.75, 3.05) is 5.32 Å². The fourth-order valence-electron chi connectivity index (χ4n) is 2.17. The standard InChI is InChI=1S/C18H15N3O3S/c1-11(22)19-13-6-8-14(9-7-13)20-18-21-17(24)16(25-18)10-12-4-2-3-5-15(12)23/h2-10,23H,1H3,(H,19,22)(H,20,21,24)/b16-10-. The number of rotatable bonds is 3. The molecule has 1 heterocycles. The summed E-state index contributed by atoms with van der Waals surface area (Å²) in [6.07, 6.45) is 1.62. The largest absolute Gasteiger partial charge is 0.507 e. The molecule has 0 atom stereocenters. The topological polar surface area (TPSA) is 90.8 Å². The number of aliphatic imine (C=N–C) groups is 1. The van der Waals surface area contributed by atoms with Crippen LogP contribution in [-0.4, -0.2) is 22.1 Å². The summed E-state index contributed by atoms with van der Waals surface area (Å²) in [4.78, 5) is 27.9. The number of amidine groups is 1. The molecular weight excluding hydrogens is 338 g/mol. The second-order valence-corrected chi connectivity index (χ2v) is 6.30. The number of nitrogens with zero attached hydrogens (tertiary/aromatic N) is 1. The molecule has 1 aliphatic heterocycles. The van der Waals surface area contributed by atoms with Crippen LogP contribution in [0.4, 0.5) is 11.4 Å². The molecule has 7 heteroatoms. The molecular formula is C18H15N3O3S. The Kier molecular flexibility index (Phi) is 4.85. The van der Waals surface area contributed by atoms with Gasteiger partial charge in [0.05, 0.1) is 10.6 Å². The number of phenols is 1. The lowest BCUT2D eigenvalue weighted by Gasteiger charge is -2.02. The van der Waals surface area contributed by atoms with E-state index in [1.54, 1.807) is 54.6 Å². The summed E-state index contributed by atoms with van der Waals surface area (Å²) in [7, 11) is 0. The molecule has 1 aliphatic rings. The number of nitrogens with one attached hydrogen (secondary N) is 2. The van der Waals surface area contributed by atoms with Crippen molar-refractivity contribution >= 4 is 46.2 Å². The number of carbonyl (C=O) groups is 2. The van der Waals surface area contributed by atoms with E-state index < -0.39 is 0 Å². The number of hydrogen-bond acceptors (Lipinski definition) is 5. The van der Waals surface area contributed by atoms with Crippen molar-refractivity contribution in [3.05, 3.63) is 59.0 Å². The van der Waals surface area contributed by atoms with E-state index in [9.17, 15) is 14.7 Å². The summed E-state index contributed by atoms with van der Waals surface area (Å²) < 4.78 is 0. The third kappa shape index (κ3) is 4.27. The Bertz CT molecular complexity index is 889. The van der Waals surface area contributed by atoms with Crippen LogP contribution in [0.2, 0.25) is 0 Å². The van der Waals surface area contributed by atoms with Crippen molar-refractivity contribution in [1.82, 2.24) is 5.32 Å². The van der Waals surface area contributed by atoms with Gasteiger partial charge in [-0.25, -0.2) is 4.99 Å². The Morgan fingerprint density at radius 3 is 2.60 bits per heavy atom. The zero-order valence-electron chi connectivity index (χ0n) is 13.3. The smallest absolute Gasteiger partial charge is 0.264 e. The van der Waals surface area contributed by atoms with Crippen LogP contribution >= 0.6 is 11.8 Å². The molecule has 3 N–H and O–H groups in total. The van der Waals surface area contributed by atoms with Crippen molar-refractivity contribution in [3.63, 3.8) is 0 Å². The van der Waals surface area contributed by atoms with Crippen LogP contribution in [0.5, 0.6) is 5.75 Å². The summed E-state index contributed by atoms with van der Waals surface area (Å²) in [5.41, 5.74) is 1.90. The van der Waals surface area contributed by atoms with Crippen molar-refractivity contribution in [3.8, 4) is 5.75 Å². The van der Waals surface area contributed by atoms with Crippen LogP contribution < -0.4 is 10.6 Å². The molecule has 126 valence electrons. The number of para-hydroxylation sites is 1. The number of aromatic hydroxyl groups is 1. The number of amides is 2. The van der Waals surface area contributed by atoms with Crippen LogP contribution in [0.3, 0.4) is 0 Å². The van der Waals surface area contributed by atoms with Gasteiger partial charge in [0, 0.05) is 18.2 Å². The fraction of sp³-hybridized carbons (Fsp3) is 0.0556. The monoisotopic (exact) mass is 353 g/mol. The molecule has 3 rings (SSSR count). The van der Waals surface area contributed by atoms with Gasteiger partial charge >= 0.3 is 0 Å². The maximum Gasteiger partial charge on any atom is 0.264 e. The normalized spacial score (nSPS) is 16.9. The van der Waals surface area contributed by atoms with E-state index in [0.717, 1.165) is 0 Å². The zero-order chi connectivity index (χ0) is 17.8. The van der Waals surface area contributed by atoms with E-state index >= 15 is 0 Å². The number of anilines is 1. The molecule has 6 nitrogen and oxygen atoms in total. The van der Waals surface area contributed by atoms with Crippen LogP contribution in [0.25, 0.3) is 6.08 Å². The first kappa shape index (κ1) is 16.8. The average Bonchev–Trinajstić information content (AvgIpc) is 2.90. The highest BCUT2D eigenvalue weighted by Gasteiger charge is 2.24. The molecule has 0 spiro atoms. The van der Waals surface area contributed by atoms with E-state index in [2.05, 4.69) is 15.6 Å². The van der Waals surface area contributed by atoms with E-state index in [1.165, 1.54) is 18.7 Å². The second kappa shape index (κ2) is 7.23. The molecule has 0 aliphatic carbocycles. The van der Waals surface area contributed by atoms with Gasteiger partial charge < -0.3 is 15.7 Å².